The fourth-order valence-corrected chi connectivity index (χ4v) is 3.35. The quantitative estimate of drug-likeness (QED) is 0.880. The van der Waals surface area contributed by atoms with Crippen molar-refractivity contribution < 1.29 is 9.53 Å². The molecule has 0 bridgehead atoms. The van der Waals surface area contributed by atoms with E-state index in [0.29, 0.717) is 23.7 Å². The van der Waals surface area contributed by atoms with E-state index in [-0.39, 0.29) is 5.91 Å². The molecule has 0 aliphatic heterocycles. The van der Waals surface area contributed by atoms with Crippen LogP contribution in [0.1, 0.15) is 20.1 Å². The van der Waals surface area contributed by atoms with Crippen molar-refractivity contribution in [1.29, 1.82) is 0 Å². The summed E-state index contributed by atoms with van der Waals surface area (Å²) in [6.07, 6.45) is 0. The average Bonchev–Trinajstić information content (AvgIpc) is 3.13. The van der Waals surface area contributed by atoms with Crippen LogP contribution in [0.2, 0.25) is 0 Å². The summed E-state index contributed by atoms with van der Waals surface area (Å²) in [6.45, 7) is 0.908. The molecule has 1 amide bonds. The first-order valence-electron chi connectivity index (χ1n) is 6.28. The van der Waals surface area contributed by atoms with E-state index >= 15 is 0 Å². The molecule has 0 fully saturated rings. The summed E-state index contributed by atoms with van der Waals surface area (Å²) in [5.74, 6) is 6.52. The molecule has 21 heavy (non-hydrogen) atoms. The summed E-state index contributed by atoms with van der Waals surface area (Å²) in [5.41, 5.74) is 6.42. The van der Waals surface area contributed by atoms with Crippen molar-refractivity contribution in [2.24, 2.45) is 5.73 Å². The average molecular weight is 320 g/mol. The van der Waals surface area contributed by atoms with Gasteiger partial charge in [0, 0.05) is 25.0 Å². The van der Waals surface area contributed by atoms with Gasteiger partial charge in [-0.15, -0.1) is 22.7 Å². The summed E-state index contributed by atoms with van der Waals surface area (Å²) in [4.78, 5) is 15.6. The zero-order valence-corrected chi connectivity index (χ0v) is 13.5. The largest absolute Gasteiger partial charge is 0.496 e. The number of hydrogen-bond donors (Lipinski definition) is 1. The molecule has 0 unspecified atom stereocenters. The molecule has 0 radical (unpaired) electrons. The van der Waals surface area contributed by atoms with E-state index in [1.807, 2.05) is 16.8 Å². The predicted octanol–water partition coefficient (Wildman–Crippen LogP) is 2.40. The van der Waals surface area contributed by atoms with Crippen LogP contribution >= 0.6 is 22.7 Å². The van der Waals surface area contributed by atoms with Gasteiger partial charge in [0.25, 0.3) is 5.91 Å². The van der Waals surface area contributed by atoms with E-state index in [9.17, 15) is 4.79 Å². The monoisotopic (exact) mass is 320 g/mol. The maximum atomic E-state index is 12.3. The molecular formula is C15H16N2O2S2. The first-order chi connectivity index (χ1) is 10.1. The molecule has 2 rings (SSSR count). The lowest BCUT2D eigenvalue weighted by atomic mass is 10.3. The van der Waals surface area contributed by atoms with Crippen LogP contribution in [0.5, 0.6) is 5.75 Å². The highest BCUT2D eigenvalue weighted by Gasteiger charge is 2.15. The first-order valence-corrected chi connectivity index (χ1v) is 8.04. The number of nitrogens with two attached hydrogens (primary N) is 1. The van der Waals surface area contributed by atoms with Gasteiger partial charge in [-0.1, -0.05) is 11.8 Å². The van der Waals surface area contributed by atoms with Crippen LogP contribution in [-0.2, 0) is 6.54 Å². The second-order valence-electron chi connectivity index (χ2n) is 4.34. The normalized spacial score (nSPS) is 9.86. The van der Waals surface area contributed by atoms with Gasteiger partial charge in [-0.2, -0.15) is 0 Å². The highest BCUT2D eigenvalue weighted by atomic mass is 32.1. The van der Waals surface area contributed by atoms with E-state index in [2.05, 4.69) is 11.8 Å². The third kappa shape index (κ3) is 4.08. The highest BCUT2D eigenvalue weighted by molar-refractivity contribution is 7.12. The Balaban J connectivity index is 2.01. The van der Waals surface area contributed by atoms with Gasteiger partial charge in [0.05, 0.1) is 23.4 Å². The van der Waals surface area contributed by atoms with Gasteiger partial charge in [0.2, 0.25) is 0 Å². The minimum absolute atomic E-state index is 0.0101. The molecule has 6 heteroatoms. The van der Waals surface area contributed by atoms with Crippen LogP contribution in [0.25, 0.3) is 0 Å². The Morgan fingerprint density at radius 2 is 2.19 bits per heavy atom. The van der Waals surface area contributed by atoms with E-state index in [0.717, 1.165) is 10.4 Å². The molecule has 0 atom stereocenters. The lowest BCUT2D eigenvalue weighted by Gasteiger charge is -2.15. The van der Waals surface area contributed by atoms with Gasteiger partial charge in [-0.3, -0.25) is 4.79 Å². The smallest absolute Gasteiger partial charge is 0.264 e. The van der Waals surface area contributed by atoms with Crippen molar-refractivity contribution in [1.82, 2.24) is 4.90 Å². The van der Waals surface area contributed by atoms with Crippen LogP contribution in [0.4, 0.5) is 0 Å². The number of rotatable bonds is 4. The zero-order chi connectivity index (χ0) is 15.2. The standard InChI is InChI=1S/C15H16N2O2S2/c1-17(15(18)14-7-12(19-2)10-21-14)8-11-6-13(20-9-11)4-3-5-16/h6-7,9-10H,5,8,16H2,1-2H3. The molecule has 0 aliphatic rings. The summed E-state index contributed by atoms with van der Waals surface area (Å²) in [5, 5.41) is 3.84. The summed E-state index contributed by atoms with van der Waals surface area (Å²) in [6, 6.07) is 3.75. The predicted molar refractivity (Wildman–Crippen MR) is 86.9 cm³/mol. The Morgan fingerprint density at radius 1 is 1.38 bits per heavy atom. The molecule has 2 aromatic heterocycles. The van der Waals surface area contributed by atoms with Gasteiger partial charge < -0.3 is 15.4 Å². The molecule has 2 N–H and O–H groups in total. The van der Waals surface area contributed by atoms with Gasteiger partial charge in [-0.05, 0) is 17.0 Å². The summed E-state index contributed by atoms with van der Waals surface area (Å²) < 4.78 is 5.10. The molecule has 0 spiro atoms. The molecular weight excluding hydrogens is 304 g/mol. The van der Waals surface area contributed by atoms with E-state index in [4.69, 9.17) is 10.5 Å². The number of thiophene rings is 2. The van der Waals surface area contributed by atoms with Gasteiger partial charge in [0.1, 0.15) is 5.75 Å². The molecule has 2 heterocycles. The number of nitrogens with zero attached hydrogens (tertiary/aromatic N) is 1. The van der Waals surface area contributed by atoms with Crippen LogP contribution in [0.15, 0.2) is 22.9 Å². The number of carbonyl (C=O) groups is 1. The van der Waals surface area contributed by atoms with E-state index < -0.39 is 0 Å². The van der Waals surface area contributed by atoms with Crippen molar-refractivity contribution >= 4 is 28.6 Å². The summed E-state index contributed by atoms with van der Waals surface area (Å²) >= 11 is 2.95. The van der Waals surface area contributed by atoms with Gasteiger partial charge in [0.15, 0.2) is 0 Å². The molecule has 0 saturated carbocycles. The highest BCUT2D eigenvalue weighted by Crippen LogP contribution is 2.23. The van der Waals surface area contributed by atoms with Crippen LogP contribution in [0, 0.1) is 11.8 Å². The Morgan fingerprint density at radius 3 is 2.86 bits per heavy atom. The van der Waals surface area contributed by atoms with Crippen molar-refractivity contribution in [3.8, 4) is 17.6 Å². The Kier molecular flexibility index (Phi) is 5.39. The number of amides is 1. The van der Waals surface area contributed by atoms with Gasteiger partial charge in [-0.25, -0.2) is 0 Å². The Labute approximate surface area is 132 Å². The van der Waals surface area contributed by atoms with Crippen LogP contribution in [0.3, 0.4) is 0 Å². The number of hydrogen-bond acceptors (Lipinski definition) is 5. The maximum absolute atomic E-state index is 12.3. The topological polar surface area (TPSA) is 55.6 Å². The Bertz CT molecular complexity index is 679. The SMILES string of the molecule is COc1csc(C(=O)N(C)Cc2csc(C#CCN)c2)c1. The lowest BCUT2D eigenvalue weighted by molar-refractivity contribution is 0.0790. The maximum Gasteiger partial charge on any atom is 0.264 e. The number of ether oxygens (including phenoxy) is 1. The van der Waals surface area contributed by atoms with E-state index in [1.54, 1.807) is 36.5 Å². The molecule has 110 valence electrons. The Hall–Kier alpha value is -1.81. The van der Waals surface area contributed by atoms with Crippen molar-refractivity contribution in [3.05, 3.63) is 38.2 Å². The fraction of sp³-hybridized carbons (Fsp3) is 0.267. The first kappa shape index (κ1) is 15.6. The van der Waals surface area contributed by atoms with Gasteiger partial charge >= 0.3 is 0 Å². The zero-order valence-electron chi connectivity index (χ0n) is 11.9. The second kappa shape index (κ2) is 7.27. The molecule has 2 aromatic rings. The number of carbonyl (C=O) groups excluding carboxylic acids is 1. The van der Waals surface area contributed by atoms with E-state index in [1.165, 1.54) is 11.3 Å². The van der Waals surface area contributed by atoms with Crippen LogP contribution < -0.4 is 10.5 Å². The molecule has 4 nitrogen and oxygen atoms in total. The minimum atomic E-state index is -0.0101. The summed E-state index contributed by atoms with van der Waals surface area (Å²) in [7, 11) is 3.38. The van der Waals surface area contributed by atoms with Crippen molar-refractivity contribution in [3.63, 3.8) is 0 Å². The third-order valence-electron chi connectivity index (χ3n) is 2.76. The lowest BCUT2D eigenvalue weighted by Crippen LogP contribution is -2.25. The molecule has 0 saturated heterocycles. The molecule has 0 aromatic carbocycles. The second-order valence-corrected chi connectivity index (χ2v) is 6.16. The third-order valence-corrected chi connectivity index (χ3v) is 4.55. The fourth-order valence-electron chi connectivity index (χ4n) is 1.73. The van der Waals surface area contributed by atoms with Crippen molar-refractivity contribution in [2.45, 2.75) is 6.54 Å². The molecule has 0 aliphatic carbocycles. The minimum Gasteiger partial charge on any atom is -0.496 e. The van der Waals surface area contributed by atoms with Crippen LogP contribution in [-0.4, -0.2) is 31.5 Å². The number of methoxy groups -OCH3 is 1. The van der Waals surface area contributed by atoms with Crippen molar-refractivity contribution in [2.75, 3.05) is 20.7 Å².